The second-order valence-corrected chi connectivity index (χ2v) is 6.78. The van der Waals surface area contributed by atoms with Gasteiger partial charge in [0, 0.05) is 13.6 Å². The Bertz CT molecular complexity index is 466. The molecule has 0 bridgehead atoms. The van der Waals surface area contributed by atoms with E-state index in [1.54, 1.807) is 11.0 Å². The summed E-state index contributed by atoms with van der Waals surface area (Å²) in [4.78, 5) is 27.0. The van der Waals surface area contributed by atoms with Gasteiger partial charge in [0.25, 0.3) is 5.91 Å². The third-order valence-corrected chi connectivity index (χ3v) is 4.44. The summed E-state index contributed by atoms with van der Waals surface area (Å²) < 4.78 is 0. The summed E-state index contributed by atoms with van der Waals surface area (Å²) in [5.74, 6) is 0.585. The molecule has 110 valence electrons. The van der Waals surface area contributed by atoms with Gasteiger partial charge >= 0.3 is 0 Å². The first-order chi connectivity index (χ1) is 9.49. The minimum Gasteiger partial charge on any atom is -0.344 e. The molecule has 1 heterocycles. The number of likely N-dealkylation sites (N-methyl/N-ethyl adjacent to an activating group) is 1. The second-order valence-electron chi connectivity index (χ2n) is 5.83. The minimum atomic E-state index is -0.451. The summed E-state index contributed by atoms with van der Waals surface area (Å²) >= 11 is 1.39. The van der Waals surface area contributed by atoms with Crippen LogP contribution >= 0.6 is 11.3 Å². The number of nitrogens with one attached hydrogen (secondary N) is 1. The van der Waals surface area contributed by atoms with E-state index in [4.69, 9.17) is 0 Å². The van der Waals surface area contributed by atoms with Crippen molar-refractivity contribution in [2.24, 2.45) is 11.8 Å². The third-order valence-electron chi connectivity index (χ3n) is 3.57. The summed E-state index contributed by atoms with van der Waals surface area (Å²) in [5, 5.41) is 4.73. The summed E-state index contributed by atoms with van der Waals surface area (Å²) in [7, 11) is 1.83. The summed E-state index contributed by atoms with van der Waals surface area (Å²) in [5.41, 5.74) is 0. The molecule has 0 aliphatic heterocycles. The number of nitrogens with zero attached hydrogens (tertiary/aromatic N) is 1. The van der Waals surface area contributed by atoms with E-state index in [2.05, 4.69) is 5.32 Å². The molecule has 20 heavy (non-hydrogen) atoms. The van der Waals surface area contributed by atoms with Crippen molar-refractivity contribution in [2.45, 2.75) is 32.7 Å². The van der Waals surface area contributed by atoms with Crippen LogP contribution in [0.1, 0.15) is 36.4 Å². The van der Waals surface area contributed by atoms with Gasteiger partial charge in [-0.3, -0.25) is 9.59 Å². The van der Waals surface area contributed by atoms with Crippen LogP contribution in [0.25, 0.3) is 0 Å². The Morgan fingerprint density at radius 2 is 2.15 bits per heavy atom. The van der Waals surface area contributed by atoms with Gasteiger partial charge in [0.1, 0.15) is 6.04 Å². The lowest BCUT2D eigenvalue weighted by atomic mass is 10.0. The Morgan fingerprint density at radius 1 is 1.45 bits per heavy atom. The van der Waals surface area contributed by atoms with Crippen LogP contribution < -0.4 is 5.32 Å². The molecule has 2 rings (SSSR count). The quantitative estimate of drug-likeness (QED) is 0.875. The zero-order chi connectivity index (χ0) is 14.7. The van der Waals surface area contributed by atoms with Gasteiger partial charge in [-0.25, -0.2) is 0 Å². The molecule has 0 unspecified atom stereocenters. The molecule has 0 saturated heterocycles. The number of carbonyl (C=O) groups excluding carboxylic acids is 2. The van der Waals surface area contributed by atoms with E-state index in [0.717, 1.165) is 6.54 Å². The largest absolute Gasteiger partial charge is 0.344 e. The van der Waals surface area contributed by atoms with Crippen molar-refractivity contribution >= 4 is 23.2 Å². The predicted octanol–water partition coefficient (Wildman–Crippen LogP) is 2.37. The molecule has 0 radical (unpaired) electrons. The lowest BCUT2D eigenvalue weighted by Crippen LogP contribution is -2.50. The fraction of sp³-hybridized carbons (Fsp3) is 0.600. The molecule has 1 fully saturated rings. The monoisotopic (exact) mass is 294 g/mol. The molecule has 1 N–H and O–H groups in total. The van der Waals surface area contributed by atoms with Crippen molar-refractivity contribution in [2.75, 3.05) is 13.6 Å². The zero-order valence-electron chi connectivity index (χ0n) is 12.3. The maximum absolute atomic E-state index is 12.5. The summed E-state index contributed by atoms with van der Waals surface area (Å²) in [6, 6.07) is 3.16. The van der Waals surface area contributed by atoms with Crippen molar-refractivity contribution < 1.29 is 9.59 Å². The molecule has 1 aromatic rings. The van der Waals surface area contributed by atoms with Crippen molar-refractivity contribution in [1.29, 1.82) is 0 Å². The number of hydrogen-bond acceptors (Lipinski definition) is 3. The van der Waals surface area contributed by atoms with Crippen molar-refractivity contribution in [3.8, 4) is 0 Å². The molecule has 0 aromatic carbocycles. The highest BCUT2D eigenvalue weighted by Crippen LogP contribution is 2.29. The van der Waals surface area contributed by atoms with Gasteiger partial charge in [-0.15, -0.1) is 11.3 Å². The maximum Gasteiger partial charge on any atom is 0.262 e. The van der Waals surface area contributed by atoms with Crippen molar-refractivity contribution in [3.63, 3.8) is 0 Å². The van der Waals surface area contributed by atoms with Crippen LogP contribution in [0.15, 0.2) is 17.5 Å². The molecule has 4 nitrogen and oxygen atoms in total. The van der Waals surface area contributed by atoms with Crippen molar-refractivity contribution in [1.82, 2.24) is 10.2 Å². The molecule has 1 aliphatic carbocycles. The van der Waals surface area contributed by atoms with E-state index >= 15 is 0 Å². The molecule has 2 amide bonds. The standard InChI is InChI=1S/C15H22N2O2S/c1-10(2)13(15(19)17(3)9-11-6-7-11)16-14(18)12-5-4-8-20-12/h4-5,8,10-11,13H,6-7,9H2,1-3H3,(H,16,18)/t13-/m1/s1. The van der Waals surface area contributed by atoms with Crippen LogP contribution in [-0.2, 0) is 4.79 Å². The Balaban J connectivity index is 1.98. The molecular formula is C15H22N2O2S. The van der Waals surface area contributed by atoms with Gasteiger partial charge in [-0.1, -0.05) is 19.9 Å². The number of amides is 2. The fourth-order valence-electron chi connectivity index (χ4n) is 2.15. The van der Waals surface area contributed by atoms with Gasteiger partial charge < -0.3 is 10.2 Å². The molecule has 1 aliphatic rings. The smallest absolute Gasteiger partial charge is 0.262 e. The van der Waals surface area contributed by atoms with Crippen LogP contribution in [0.3, 0.4) is 0 Å². The van der Waals surface area contributed by atoms with Crippen LogP contribution in [0.4, 0.5) is 0 Å². The van der Waals surface area contributed by atoms with Gasteiger partial charge in [0.05, 0.1) is 4.88 Å². The summed E-state index contributed by atoms with van der Waals surface area (Å²) in [6.45, 7) is 4.72. The Hall–Kier alpha value is -1.36. The van der Waals surface area contributed by atoms with Crippen LogP contribution in [-0.4, -0.2) is 36.3 Å². The van der Waals surface area contributed by atoms with Gasteiger partial charge in [-0.05, 0) is 36.1 Å². The fourth-order valence-corrected chi connectivity index (χ4v) is 2.78. The molecule has 1 atom stereocenters. The lowest BCUT2D eigenvalue weighted by molar-refractivity contribution is -0.133. The number of hydrogen-bond donors (Lipinski definition) is 1. The van der Waals surface area contributed by atoms with E-state index < -0.39 is 6.04 Å². The maximum atomic E-state index is 12.5. The zero-order valence-corrected chi connectivity index (χ0v) is 13.1. The highest BCUT2D eigenvalue weighted by atomic mass is 32.1. The number of rotatable bonds is 6. The van der Waals surface area contributed by atoms with Crippen LogP contribution in [0.2, 0.25) is 0 Å². The molecule has 5 heteroatoms. The van der Waals surface area contributed by atoms with Gasteiger partial charge in [-0.2, -0.15) is 0 Å². The average molecular weight is 294 g/mol. The van der Waals surface area contributed by atoms with Crippen LogP contribution in [0, 0.1) is 11.8 Å². The minimum absolute atomic E-state index is 0.0109. The first-order valence-electron chi connectivity index (χ1n) is 7.08. The van der Waals surface area contributed by atoms with E-state index in [1.165, 1.54) is 24.2 Å². The average Bonchev–Trinajstić information content (AvgIpc) is 3.05. The number of thiophene rings is 1. The van der Waals surface area contributed by atoms with E-state index in [0.29, 0.717) is 10.8 Å². The molecule has 1 saturated carbocycles. The highest BCUT2D eigenvalue weighted by molar-refractivity contribution is 7.12. The second kappa shape index (κ2) is 6.39. The Morgan fingerprint density at radius 3 is 2.65 bits per heavy atom. The SMILES string of the molecule is CC(C)[C@@H](NC(=O)c1cccs1)C(=O)N(C)CC1CC1. The van der Waals surface area contributed by atoms with Gasteiger partial charge in [0.15, 0.2) is 0 Å². The first-order valence-corrected chi connectivity index (χ1v) is 7.96. The van der Waals surface area contributed by atoms with Crippen molar-refractivity contribution in [3.05, 3.63) is 22.4 Å². The lowest BCUT2D eigenvalue weighted by Gasteiger charge is -2.27. The normalized spacial score (nSPS) is 16.0. The molecule has 1 aromatic heterocycles. The highest BCUT2D eigenvalue weighted by Gasteiger charge is 2.31. The first kappa shape index (κ1) is 15.0. The van der Waals surface area contributed by atoms with Gasteiger partial charge in [0.2, 0.25) is 5.91 Å². The van der Waals surface area contributed by atoms with E-state index in [-0.39, 0.29) is 17.7 Å². The molecular weight excluding hydrogens is 272 g/mol. The van der Waals surface area contributed by atoms with E-state index in [1.807, 2.05) is 32.3 Å². The topological polar surface area (TPSA) is 49.4 Å². The molecule has 0 spiro atoms. The predicted molar refractivity (Wildman–Crippen MR) is 80.8 cm³/mol. The third kappa shape index (κ3) is 3.82. The Labute approximate surface area is 124 Å². The van der Waals surface area contributed by atoms with Crippen LogP contribution in [0.5, 0.6) is 0 Å². The van der Waals surface area contributed by atoms with E-state index in [9.17, 15) is 9.59 Å². The number of carbonyl (C=O) groups is 2. The summed E-state index contributed by atoms with van der Waals surface area (Å²) in [6.07, 6.45) is 2.43. The Kier molecular flexibility index (Phi) is 4.81.